The zero-order chi connectivity index (χ0) is 18.4. The Bertz CT molecular complexity index is 730. The van der Waals surface area contributed by atoms with Crippen LogP contribution in [0.2, 0.25) is 0 Å². The van der Waals surface area contributed by atoms with E-state index in [0.717, 1.165) is 9.80 Å². The number of hydrogen-bond donors (Lipinski definition) is 0. The molecular weight excluding hydrogens is 324 g/mol. The van der Waals surface area contributed by atoms with Gasteiger partial charge in [0.05, 0.1) is 11.1 Å². The third kappa shape index (κ3) is 3.01. The summed E-state index contributed by atoms with van der Waals surface area (Å²) in [7, 11) is 0. The average molecular weight is 344 g/mol. The second-order valence-electron chi connectivity index (χ2n) is 7.15. The van der Waals surface area contributed by atoms with Crippen molar-refractivity contribution in [2.75, 3.05) is 6.54 Å². The van der Waals surface area contributed by atoms with Gasteiger partial charge >= 0.3 is 6.09 Å². The van der Waals surface area contributed by atoms with Gasteiger partial charge in [0.25, 0.3) is 17.7 Å². The first-order valence-corrected chi connectivity index (χ1v) is 8.22. The molecule has 0 aliphatic carbocycles. The van der Waals surface area contributed by atoms with Crippen molar-refractivity contribution in [1.29, 1.82) is 0 Å². The fourth-order valence-electron chi connectivity index (χ4n) is 3.09. The van der Waals surface area contributed by atoms with E-state index in [4.69, 9.17) is 4.74 Å². The monoisotopic (exact) mass is 344 g/mol. The van der Waals surface area contributed by atoms with Crippen molar-refractivity contribution in [2.24, 2.45) is 0 Å². The molecule has 2 aliphatic heterocycles. The molecule has 3 rings (SSSR count). The summed E-state index contributed by atoms with van der Waals surface area (Å²) in [6.45, 7) is 5.34. The quantitative estimate of drug-likeness (QED) is 0.729. The van der Waals surface area contributed by atoms with Crippen molar-refractivity contribution in [2.45, 2.75) is 45.3 Å². The number of piperidine rings is 1. The van der Waals surface area contributed by atoms with Crippen LogP contribution in [0.5, 0.6) is 0 Å². The molecule has 1 atom stereocenters. The molecule has 1 aromatic carbocycles. The molecule has 0 bridgehead atoms. The van der Waals surface area contributed by atoms with Crippen LogP contribution in [0.1, 0.15) is 54.3 Å². The molecule has 2 heterocycles. The smallest absolute Gasteiger partial charge is 0.417 e. The summed E-state index contributed by atoms with van der Waals surface area (Å²) >= 11 is 0. The van der Waals surface area contributed by atoms with Crippen molar-refractivity contribution < 1.29 is 23.9 Å². The average Bonchev–Trinajstić information content (AvgIpc) is 2.78. The number of amides is 4. The first kappa shape index (κ1) is 17.1. The van der Waals surface area contributed by atoms with Crippen LogP contribution in [0.4, 0.5) is 4.79 Å². The van der Waals surface area contributed by atoms with E-state index in [1.807, 2.05) is 0 Å². The minimum absolute atomic E-state index is 0.216. The molecule has 0 spiro atoms. The highest BCUT2D eigenvalue weighted by Crippen LogP contribution is 2.29. The number of benzene rings is 1. The van der Waals surface area contributed by atoms with Gasteiger partial charge in [0, 0.05) is 6.54 Å². The van der Waals surface area contributed by atoms with Gasteiger partial charge in [0.1, 0.15) is 11.6 Å². The van der Waals surface area contributed by atoms with E-state index in [2.05, 4.69) is 0 Å². The van der Waals surface area contributed by atoms with Crippen LogP contribution in [-0.4, -0.2) is 51.8 Å². The number of carbonyl (C=O) groups is 4. The Kier molecular flexibility index (Phi) is 4.10. The van der Waals surface area contributed by atoms with Gasteiger partial charge < -0.3 is 4.74 Å². The summed E-state index contributed by atoms with van der Waals surface area (Å²) in [6, 6.07) is 5.49. The van der Waals surface area contributed by atoms with Gasteiger partial charge in [-0.05, 0) is 45.7 Å². The standard InChI is InChI=1S/C18H20N2O5/c1-18(2,3)25-17(24)19-10-6-9-13(16(19)23)20-14(21)11-7-4-5-8-12(11)15(20)22/h4-5,7-8,13H,6,9-10H2,1-3H3. The second kappa shape index (κ2) is 5.98. The molecule has 4 amide bonds. The van der Waals surface area contributed by atoms with Crippen molar-refractivity contribution in [3.8, 4) is 0 Å². The fraction of sp³-hybridized carbons (Fsp3) is 0.444. The second-order valence-corrected chi connectivity index (χ2v) is 7.15. The molecule has 0 aromatic heterocycles. The highest BCUT2D eigenvalue weighted by atomic mass is 16.6. The van der Waals surface area contributed by atoms with Gasteiger partial charge in [-0.25, -0.2) is 9.69 Å². The maximum absolute atomic E-state index is 12.8. The predicted molar refractivity (Wildman–Crippen MR) is 87.9 cm³/mol. The number of hydrogen-bond acceptors (Lipinski definition) is 5. The summed E-state index contributed by atoms with van der Waals surface area (Å²) in [6.07, 6.45) is 0.0888. The number of rotatable bonds is 1. The molecule has 132 valence electrons. The largest absolute Gasteiger partial charge is 0.443 e. The van der Waals surface area contributed by atoms with Crippen LogP contribution < -0.4 is 0 Å². The van der Waals surface area contributed by atoms with E-state index in [-0.39, 0.29) is 17.7 Å². The van der Waals surface area contributed by atoms with Crippen LogP contribution >= 0.6 is 0 Å². The summed E-state index contributed by atoms with van der Waals surface area (Å²) in [5, 5.41) is 0. The highest BCUT2D eigenvalue weighted by Gasteiger charge is 2.46. The van der Waals surface area contributed by atoms with Gasteiger partial charge in [0.15, 0.2) is 0 Å². The number of likely N-dealkylation sites (tertiary alicyclic amines) is 1. The summed E-state index contributed by atoms with van der Waals surface area (Å²) in [5.41, 5.74) is -0.163. The predicted octanol–water partition coefficient (Wildman–Crippen LogP) is 2.21. The minimum atomic E-state index is -0.978. The Morgan fingerprint density at radius 1 is 1.08 bits per heavy atom. The van der Waals surface area contributed by atoms with Crippen molar-refractivity contribution in [3.05, 3.63) is 35.4 Å². The topological polar surface area (TPSA) is 84.0 Å². The molecule has 25 heavy (non-hydrogen) atoms. The van der Waals surface area contributed by atoms with E-state index in [9.17, 15) is 19.2 Å². The Morgan fingerprint density at radius 3 is 2.16 bits per heavy atom. The van der Waals surface area contributed by atoms with Crippen molar-refractivity contribution in [3.63, 3.8) is 0 Å². The number of nitrogens with zero attached hydrogens (tertiary/aromatic N) is 2. The molecule has 0 saturated carbocycles. The molecular formula is C18H20N2O5. The molecule has 1 fully saturated rings. The lowest BCUT2D eigenvalue weighted by Gasteiger charge is -2.35. The Hall–Kier alpha value is -2.70. The molecule has 7 heteroatoms. The lowest BCUT2D eigenvalue weighted by Crippen LogP contribution is -2.56. The number of imide groups is 2. The SMILES string of the molecule is CC(C)(C)OC(=O)N1CCCC(N2C(=O)c3ccccc3C2=O)C1=O. The highest BCUT2D eigenvalue weighted by molar-refractivity contribution is 6.23. The van der Waals surface area contributed by atoms with E-state index >= 15 is 0 Å². The maximum Gasteiger partial charge on any atom is 0.417 e. The summed E-state index contributed by atoms with van der Waals surface area (Å²) in [4.78, 5) is 52.1. The summed E-state index contributed by atoms with van der Waals surface area (Å²) in [5.74, 6) is -1.56. The van der Waals surface area contributed by atoms with Crippen LogP contribution in [0.25, 0.3) is 0 Å². The zero-order valence-electron chi connectivity index (χ0n) is 14.4. The molecule has 1 saturated heterocycles. The molecule has 0 N–H and O–H groups in total. The lowest BCUT2D eigenvalue weighted by atomic mass is 10.0. The van der Waals surface area contributed by atoms with Gasteiger partial charge in [-0.3, -0.25) is 19.3 Å². The summed E-state index contributed by atoms with van der Waals surface area (Å²) < 4.78 is 5.25. The minimum Gasteiger partial charge on any atom is -0.443 e. The first-order valence-electron chi connectivity index (χ1n) is 8.22. The van der Waals surface area contributed by atoms with Gasteiger partial charge in [-0.2, -0.15) is 0 Å². The number of fused-ring (bicyclic) bond motifs is 1. The molecule has 0 radical (unpaired) electrons. The van der Waals surface area contributed by atoms with Crippen molar-refractivity contribution in [1.82, 2.24) is 9.80 Å². The van der Waals surface area contributed by atoms with Gasteiger partial charge in [0.2, 0.25) is 0 Å². The third-order valence-electron chi connectivity index (χ3n) is 4.16. The van der Waals surface area contributed by atoms with E-state index in [1.165, 1.54) is 0 Å². The molecule has 1 unspecified atom stereocenters. The normalized spacial score (nSPS) is 20.8. The molecule has 7 nitrogen and oxygen atoms in total. The Morgan fingerprint density at radius 2 is 1.64 bits per heavy atom. The maximum atomic E-state index is 12.8. The Labute approximate surface area is 145 Å². The van der Waals surface area contributed by atoms with Crippen LogP contribution in [0.3, 0.4) is 0 Å². The van der Waals surface area contributed by atoms with Gasteiger partial charge in [-0.1, -0.05) is 12.1 Å². The van der Waals surface area contributed by atoms with E-state index < -0.39 is 35.5 Å². The van der Waals surface area contributed by atoms with E-state index in [1.54, 1.807) is 45.0 Å². The molecule has 2 aliphatic rings. The molecule has 1 aromatic rings. The zero-order valence-corrected chi connectivity index (χ0v) is 14.4. The number of ether oxygens (including phenoxy) is 1. The van der Waals surface area contributed by atoms with E-state index in [0.29, 0.717) is 12.8 Å². The van der Waals surface area contributed by atoms with Gasteiger partial charge in [-0.15, -0.1) is 0 Å². The number of carbonyl (C=O) groups excluding carboxylic acids is 4. The van der Waals surface area contributed by atoms with Crippen LogP contribution in [0.15, 0.2) is 24.3 Å². The third-order valence-corrected chi connectivity index (χ3v) is 4.16. The van der Waals surface area contributed by atoms with Crippen LogP contribution in [-0.2, 0) is 9.53 Å². The van der Waals surface area contributed by atoms with Crippen molar-refractivity contribution >= 4 is 23.8 Å². The Balaban J connectivity index is 1.84. The lowest BCUT2D eigenvalue weighted by molar-refractivity contribution is -0.137. The first-order chi connectivity index (χ1) is 11.7. The fourth-order valence-corrected chi connectivity index (χ4v) is 3.09. The van der Waals surface area contributed by atoms with Crippen LogP contribution in [0, 0.1) is 0 Å².